The first kappa shape index (κ1) is 76.5. The maximum absolute atomic E-state index is 9.06. The van der Waals surface area contributed by atoms with Gasteiger partial charge in [0, 0.05) is 6.61 Å². The van der Waals surface area contributed by atoms with Crippen molar-refractivity contribution in [2.24, 2.45) is 0 Å². The first-order valence-corrected chi connectivity index (χ1v) is 9.41. The number of carbonyl (C=O) groups is 1. The first-order chi connectivity index (χ1) is 15.9. The SMILES string of the molecule is C=C.C=C.C=C.C=C=CO.C=CC=O.CC=CCO.CC=CO.CCCO.OCC(O)CO.[Ca+2].[OH-].[OH-]. The molecule has 0 aliphatic carbocycles. The van der Waals surface area contributed by atoms with Crippen molar-refractivity contribution in [1.29, 1.82) is 0 Å². The summed E-state index contributed by atoms with van der Waals surface area (Å²) in [5.74, 6) is 0. The van der Waals surface area contributed by atoms with Gasteiger partial charge in [0.15, 0.2) is 0 Å². The van der Waals surface area contributed by atoms with Crippen LogP contribution in [-0.2, 0) is 4.79 Å². The van der Waals surface area contributed by atoms with Gasteiger partial charge >= 0.3 is 37.7 Å². The van der Waals surface area contributed by atoms with Crippen LogP contribution in [0.1, 0.15) is 27.2 Å². The third kappa shape index (κ3) is 465. The monoisotopic (exact) mass is 552 g/mol. The van der Waals surface area contributed by atoms with Crippen LogP contribution in [0.2, 0.25) is 0 Å². The summed E-state index contributed by atoms with van der Waals surface area (Å²) in [6.45, 7) is 29.5. The van der Waals surface area contributed by atoms with Gasteiger partial charge in [-0.1, -0.05) is 44.0 Å². The van der Waals surface area contributed by atoms with E-state index in [4.69, 9.17) is 40.5 Å². The van der Waals surface area contributed by atoms with E-state index in [1.165, 1.54) is 6.08 Å². The second kappa shape index (κ2) is 171. The van der Waals surface area contributed by atoms with Crippen LogP contribution in [0.4, 0.5) is 0 Å². The topological polar surface area (TPSA) is 219 Å². The van der Waals surface area contributed by atoms with Crippen LogP contribution in [0.15, 0.2) is 95.2 Å². The number of carbonyl (C=O) groups excluding carboxylic acids is 1. The summed E-state index contributed by atoms with van der Waals surface area (Å²) in [5, 5.41) is 55.1. The van der Waals surface area contributed by atoms with Crippen LogP contribution in [0.25, 0.3) is 0 Å². The predicted molar refractivity (Wildman–Crippen MR) is 153 cm³/mol. The quantitative estimate of drug-likeness (QED) is 0.0659. The molecule has 0 aromatic carbocycles. The molecule has 0 aromatic rings. The molecule has 36 heavy (non-hydrogen) atoms. The number of rotatable bonds is 5. The molecule has 0 saturated heterocycles. The molecular weight excluding hydrogens is 500 g/mol. The molecule has 0 fully saturated rings. The molecule has 0 aliphatic rings. The summed E-state index contributed by atoms with van der Waals surface area (Å²) in [6, 6.07) is 0. The van der Waals surface area contributed by atoms with Crippen LogP contribution in [0, 0.1) is 0 Å². The van der Waals surface area contributed by atoms with E-state index in [0.717, 1.165) is 18.9 Å². The van der Waals surface area contributed by atoms with Crippen molar-refractivity contribution in [3.05, 3.63) is 95.2 Å². The molecule has 0 amide bonds. The maximum Gasteiger partial charge on any atom is 2.00 e. The van der Waals surface area contributed by atoms with E-state index in [1.807, 2.05) is 13.8 Å². The molecule has 0 bridgehead atoms. The number of allylic oxidation sites excluding steroid dienone is 3. The largest absolute Gasteiger partial charge is 2.00 e. The minimum Gasteiger partial charge on any atom is -0.870 e. The summed E-state index contributed by atoms with van der Waals surface area (Å²) in [7, 11) is 0. The zero-order chi connectivity index (χ0) is 28.8. The van der Waals surface area contributed by atoms with Crippen LogP contribution < -0.4 is 0 Å². The van der Waals surface area contributed by atoms with Gasteiger partial charge < -0.3 is 46.7 Å². The molecule has 11 heteroatoms. The molecule has 0 unspecified atom stereocenters. The van der Waals surface area contributed by atoms with Gasteiger partial charge in [0.1, 0.15) is 18.7 Å². The van der Waals surface area contributed by atoms with Crippen molar-refractivity contribution in [1.82, 2.24) is 0 Å². The fourth-order valence-electron chi connectivity index (χ4n) is 0.163. The van der Waals surface area contributed by atoms with E-state index < -0.39 is 6.10 Å². The normalized spacial score (nSPS) is 6.25. The van der Waals surface area contributed by atoms with Gasteiger partial charge in [0.05, 0.1) is 26.1 Å². The minimum atomic E-state index is -0.954. The number of aliphatic hydroxyl groups excluding tert-OH is 7. The third-order valence-corrected chi connectivity index (χ3v) is 1.32. The fraction of sp³-hybridized carbons (Fsp3) is 0.360. The van der Waals surface area contributed by atoms with E-state index in [-0.39, 0.29) is 68.5 Å². The van der Waals surface area contributed by atoms with Crippen molar-refractivity contribution >= 4 is 44.0 Å². The Morgan fingerprint density at radius 1 is 0.861 bits per heavy atom. The van der Waals surface area contributed by atoms with Crippen LogP contribution in [0.3, 0.4) is 0 Å². The third-order valence-electron chi connectivity index (χ3n) is 1.32. The number of aldehydes is 1. The summed E-state index contributed by atoms with van der Waals surface area (Å²) in [4.78, 5) is 9.06. The molecule has 0 saturated carbocycles. The van der Waals surface area contributed by atoms with Crippen LogP contribution in [0.5, 0.6) is 0 Å². The summed E-state index contributed by atoms with van der Waals surface area (Å²) < 4.78 is 0. The van der Waals surface area contributed by atoms with Gasteiger partial charge in [0.25, 0.3) is 0 Å². The Morgan fingerprint density at radius 3 is 1.11 bits per heavy atom. The standard InChI is InChI=1S/C4H8O.C3H8O3.C3H8O.C3H6O.2C3H4O.3C2H4.Ca.2H2O/c1-2-3-4-5;4-1-3(6)2-5;4*1-2-3-4;3*1-2;;;/h2-3,5H,4H2,1H3;3-6H,1-2H2;4H,2-3H2,1H3;2-4H,1H3;3-4H,1H2;2-3H,1H2;3*1-2H2;;2*1H2/q;;;;;;;;;+2;;/p-2. The predicted octanol–water partition coefficient (Wildman–Crippen LogP) is 3.24. The zero-order valence-electron chi connectivity index (χ0n) is 22.5. The zero-order valence-corrected chi connectivity index (χ0v) is 24.7. The Kier molecular flexibility index (Phi) is 363. The minimum absolute atomic E-state index is 0. The first-order valence-electron chi connectivity index (χ1n) is 9.41. The number of hydrogen-bond acceptors (Lipinski definition) is 10. The van der Waals surface area contributed by atoms with Crippen molar-refractivity contribution in [3.63, 3.8) is 0 Å². The van der Waals surface area contributed by atoms with Gasteiger partial charge in [-0.3, -0.25) is 4.79 Å². The molecule has 0 radical (unpaired) electrons. The van der Waals surface area contributed by atoms with Crippen molar-refractivity contribution in [2.45, 2.75) is 33.3 Å². The molecule has 0 atom stereocenters. The molecule has 214 valence electrons. The molecular formula is C25H52CaO10. The molecule has 0 spiro atoms. The molecule has 0 rings (SSSR count). The molecule has 9 N–H and O–H groups in total. The van der Waals surface area contributed by atoms with Gasteiger partial charge in [-0.25, -0.2) is 0 Å². The second-order valence-corrected chi connectivity index (χ2v) is 3.68. The Balaban J connectivity index is -0.0000000182. The number of aliphatic hydroxyl groups is 7. The summed E-state index contributed by atoms with van der Waals surface area (Å²) >= 11 is 0. The fourth-order valence-corrected chi connectivity index (χ4v) is 0.163. The van der Waals surface area contributed by atoms with Gasteiger partial charge in [-0.15, -0.1) is 39.5 Å². The van der Waals surface area contributed by atoms with Crippen molar-refractivity contribution < 1.29 is 51.5 Å². The van der Waals surface area contributed by atoms with E-state index in [9.17, 15) is 0 Å². The Bertz CT molecular complexity index is 353. The van der Waals surface area contributed by atoms with Gasteiger partial charge in [-0.05, 0) is 26.3 Å². The van der Waals surface area contributed by atoms with E-state index in [1.54, 1.807) is 25.2 Å². The average molecular weight is 553 g/mol. The molecule has 0 heterocycles. The van der Waals surface area contributed by atoms with E-state index in [2.05, 4.69) is 58.4 Å². The average Bonchev–Trinajstić information content (AvgIpc) is 2.92. The van der Waals surface area contributed by atoms with Crippen molar-refractivity contribution in [3.8, 4) is 0 Å². The summed E-state index contributed by atoms with van der Waals surface area (Å²) in [6.07, 6.45) is 8.56. The Labute approximate surface area is 249 Å². The Morgan fingerprint density at radius 2 is 1.11 bits per heavy atom. The Hall–Kier alpha value is -1.79. The maximum atomic E-state index is 9.06. The molecule has 0 aliphatic heterocycles. The van der Waals surface area contributed by atoms with Crippen molar-refractivity contribution in [2.75, 3.05) is 26.4 Å². The van der Waals surface area contributed by atoms with Crippen LogP contribution >= 0.6 is 0 Å². The second-order valence-electron chi connectivity index (χ2n) is 3.68. The summed E-state index contributed by atoms with van der Waals surface area (Å²) in [5.41, 5.74) is 2.11. The van der Waals surface area contributed by atoms with Gasteiger partial charge in [-0.2, -0.15) is 0 Å². The van der Waals surface area contributed by atoms with Gasteiger partial charge in [0.2, 0.25) is 0 Å². The smallest absolute Gasteiger partial charge is 0.870 e. The van der Waals surface area contributed by atoms with E-state index in [0.29, 0.717) is 12.9 Å². The van der Waals surface area contributed by atoms with E-state index >= 15 is 0 Å². The number of hydrogen-bond donors (Lipinski definition) is 7. The van der Waals surface area contributed by atoms with Crippen LogP contribution in [-0.4, -0.2) is 123 Å². The molecule has 0 aromatic heterocycles. The molecule has 10 nitrogen and oxygen atoms in total.